The predicted molar refractivity (Wildman–Crippen MR) is 7.76 cm³/mol. The molecule has 48 valence electrons. The van der Waals surface area contributed by atoms with Crippen LogP contribution in [0.2, 0.25) is 0 Å². The average molecular weight is 299 g/mol. The molecule has 0 bridgehead atoms. The van der Waals surface area contributed by atoms with Gasteiger partial charge in [-0.05, 0) is 0 Å². The van der Waals surface area contributed by atoms with Crippen molar-refractivity contribution >= 4 is 0 Å². The minimum absolute atomic E-state index is 0. The van der Waals surface area contributed by atoms with Gasteiger partial charge >= 0.3 is 37.1 Å². The Morgan fingerprint density at radius 2 is 0.714 bits per heavy atom. The molecule has 0 aromatic carbocycles. The summed E-state index contributed by atoms with van der Waals surface area (Å²) < 4.78 is 59.6. The van der Waals surface area contributed by atoms with Crippen molar-refractivity contribution in [1.29, 1.82) is 0 Å². The standard InChI is InChI=1S/6FH.W/h6*1H;/q;;;;;;+6/p-5. The third-order valence-corrected chi connectivity index (χ3v) is 0. The first kappa shape index (κ1) is 7.27. The van der Waals surface area contributed by atoms with Crippen molar-refractivity contribution in [2.45, 2.75) is 0 Å². The van der Waals surface area contributed by atoms with Crippen LogP contribution in [0.3, 0.4) is 0 Å². The Bertz CT molecular complexity index is 67.1. The molecule has 0 heterocycles. The smallest absolute Gasteiger partial charge is 1.00 e. The molecule has 0 amide bonds. The minimum atomic E-state index is -11.3. The molecule has 0 nitrogen and oxygen atoms in total. The first-order valence-electron chi connectivity index (χ1n) is 0.926. The monoisotopic (exact) mass is 299 g/mol. The molecule has 0 saturated carbocycles. The first-order valence-corrected chi connectivity index (χ1v) is 7.58. The van der Waals surface area contributed by atoms with Crippen LogP contribution in [-0.2, 0) is 16.7 Å². The van der Waals surface area contributed by atoms with Crippen LogP contribution in [0.5, 0.6) is 0 Å². The Labute approximate surface area is 38.0 Å². The number of rotatable bonds is 0. The third kappa shape index (κ3) is 1590. The summed E-state index contributed by atoms with van der Waals surface area (Å²) in [7, 11) is 0. The molecule has 7 heteroatoms. The summed E-state index contributed by atoms with van der Waals surface area (Å²) in [5.74, 6) is 0. The van der Waals surface area contributed by atoms with Gasteiger partial charge in [0.2, 0.25) is 0 Å². The van der Waals surface area contributed by atoms with Gasteiger partial charge in [-0.25, -0.2) is 0 Å². The topological polar surface area (TPSA) is 0 Å². The van der Waals surface area contributed by atoms with Crippen molar-refractivity contribution < 1.29 is 37.1 Å². The summed E-state index contributed by atoms with van der Waals surface area (Å²) in [6.07, 6.45) is 0. The zero-order valence-corrected chi connectivity index (χ0v) is 5.61. The predicted octanol–water partition coefficient (Wildman–Crippen LogP) is 2.63. The fraction of sp³-hybridized carbons (Fsp3) is 0. The molecule has 7 heavy (non-hydrogen) atoms. The Balaban J connectivity index is 0. The SMILES string of the molecule is [F][W]([F])([F])([F])([F])[F].[H+]. The molecule has 0 saturated heterocycles. The van der Waals surface area contributed by atoms with Gasteiger partial charge in [-0.3, -0.25) is 0 Å². The molecular weight excluding hydrogens is 298 g/mol. The van der Waals surface area contributed by atoms with Crippen LogP contribution in [-0.4, -0.2) is 0 Å². The van der Waals surface area contributed by atoms with E-state index in [0.29, 0.717) is 0 Å². The zero-order valence-electron chi connectivity index (χ0n) is 3.68. The van der Waals surface area contributed by atoms with Gasteiger partial charge in [-0.2, -0.15) is 0 Å². The molecule has 0 rings (SSSR count). The molecule has 0 aliphatic rings. The Morgan fingerprint density at radius 1 is 0.714 bits per heavy atom. The van der Waals surface area contributed by atoms with E-state index in [4.69, 9.17) is 0 Å². The van der Waals surface area contributed by atoms with Crippen LogP contribution in [0.25, 0.3) is 0 Å². The molecule has 0 radical (unpaired) electrons. The quantitative estimate of drug-likeness (QED) is 0.603. The van der Waals surface area contributed by atoms with E-state index in [1.165, 1.54) is 0 Å². The van der Waals surface area contributed by atoms with E-state index in [2.05, 4.69) is 0 Å². The normalized spacial score (nSPS) is 23.1. The summed E-state index contributed by atoms with van der Waals surface area (Å²) in [5, 5.41) is 0. The van der Waals surface area contributed by atoms with Crippen molar-refractivity contribution in [2.24, 2.45) is 0 Å². The van der Waals surface area contributed by atoms with Gasteiger partial charge < -0.3 is 0 Å². The molecule has 0 aliphatic carbocycles. The summed E-state index contributed by atoms with van der Waals surface area (Å²) in [6.45, 7) is 0. The molecule has 0 N–H and O–H groups in total. The van der Waals surface area contributed by atoms with Crippen LogP contribution in [0.4, 0.5) is 18.9 Å². The van der Waals surface area contributed by atoms with Crippen molar-refractivity contribution in [3.8, 4) is 0 Å². The van der Waals surface area contributed by atoms with E-state index in [1.54, 1.807) is 0 Å². The zero-order chi connectivity index (χ0) is 6.41. The van der Waals surface area contributed by atoms with Crippen LogP contribution in [0.1, 0.15) is 1.43 Å². The third-order valence-electron chi connectivity index (χ3n) is 0. The summed E-state index contributed by atoms with van der Waals surface area (Å²) >= 11 is -11.3. The maximum atomic E-state index is 9.93. The fourth-order valence-corrected chi connectivity index (χ4v) is 0. The Morgan fingerprint density at radius 3 is 0.714 bits per heavy atom. The van der Waals surface area contributed by atoms with Gasteiger partial charge in [0.1, 0.15) is 0 Å². The molecule has 0 aromatic rings. The fourth-order valence-electron chi connectivity index (χ4n) is 0. The largest absolute Gasteiger partial charge is 1.00 e. The number of halogens is 6. The molecule has 0 atom stereocenters. The second-order valence-electron chi connectivity index (χ2n) is 0.875. The number of hydrogen-bond acceptors (Lipinski definition) is 0. The maximum Gasteiger partial charge on any atom is 1.00 e. The Hall–Kier alpha value is 0.268. The van der Waals surface area contributed by atoms with Crippen molar-refractivity contribution in [3.63, 3.8) is 0 Å². The first-order chi connectivity index (χ1) is 2.45. The van der Waals surface area contributed by atoms with Gasteiger partial charge in [0, 0.05) is 0 Å². The maximum absolute atomic E-state index is 11.3. The average Bonchev–Trinajstić information content (AvgIpc) is 0.592. The molecular formula is HF6W+. The Kier molecular flexibility index (Phi) is 0.775. The van der Waals surface area contributed by atoms with Gasteiger partial charge in [0.15, 0.2) is 0 Å². The molecule has 0 aliphatic heterocycles. The van der Waals surface area contributed by atoms with Crippen molar-refractivity contribution in [2.75, 3.05) is 0 Å². The van der Waals surface area contributed by atoms with Crippen molar-refractivity contribution in [3.05, 3.63) is 0 Å². The van der Waals surface area contributed by atoms with Gasteiger partial charge in [-0.1, -0.05) is 0 Å². The van der Waals surface area contributed by atoms with Crippen LogP contribution >= 0.6 is 0 Å². The van der Waals surface area contributed by atoms with Gasteiger partial charge in [0.25, 0.3) is 0 Å². The van der Waals surface area contributed by atoms with E-state index < -0.39 is 16.7 Å². The van der Waals surface area contributed by atoms with Gasteiger partial charge in [0.05, 0.1) is 0 Å². The van der Waals surface area contributed by atoms with E-state index in [-0.39, 0.29) is 1.43 Å². The number of hydrogen-bond donors (Lipinski definition) is 0. The summed E-state index contributed by atoms with van der Waals surface area (Å²) in [5.41, 5.74) is 0. The van der Waals surface area contributed by atoms with Crippen LogP contribution < -0.4 is 0 Å². The molecule has 0 unspecified atom stereocenters. The van der Waals surface area contributed by atoms with E-state index >= 15 is 0 Å². The molecule has 0 aromatic heterocycles. The molecule has 0 fully saturated rings. The van der Waals surface area contributed by atoms with Crippen LogP contribution in [0.15, 0.2) is 0 Å². The summed E-state index contributed by atoms with van der Waals surface area (Å²) in [6, 6.07) is 0. The van der Waals surface area contributed by atoms with E-state index in [1.807, 2.05) is 0 Å². The van der Waals surface area contributed by atoms with E-state index in [9.17, 15) is 18.9 Å². The molecule has 0 spiro atoms. The second-order valence-corrected chi connectivity index (χ2v) is 7.16. The van der Waals surface area contributed by atoms with Gasteiger partial charge in [-0.15, -0.1) is 0 Å². The minimum Gasteiger partial charge on any atom is 1.00 e. The van der Waals surface area contributed by atoms with Crippen molar-refractivity contribution in [1.82, 2.24) is 0 Å². The summed E-state index contributed by atoms with van der Waals surface area (Å²) in [4.78, 5) is 0. The van der Waals surface area contributed by atoms with Crippen LogP contribution in [0, 0.1) is 0 Å². The second kappa shape index (κ2) is 0.746. The van der Waals surface area contributed by atoms with E-state index in [0.717, 1.165) is 0 Å².